The highest BCUT2D eigenvalue weighted by atomic mass is 32.2. The summed E-state index contributed by atoms with van der Waals surface area (Å²) in [6.45, 7) is 10.3. The molecule has 0 aromatic heterocycles. The topological polar surface area (TPSA) is 174 Å². The Morgan fingerprint density at radius 3 is 1.79 bits per heavy atom. The van der Waals surface area contributed by atoms with Crippen LogP contribution in [0.1, 0.15) is 149 Å². The molecule has 0 saturated carbocycles. The summed E-state index contributed by atoms with van der Waals surface area (Å²) in [5, 5.41) is 9.28. The zero-order valence-electron chi connectivity index (χ0n) is 35.6. The highest BCUT2D eigenvalue weighted by Gasteiger charge is 2.53. The SMILES string of the molecule is CCCCCCCCCCCCCCC1OC(C)(C)O[C@H]1[C@H](CCS[C@@H]1OC(COC(C)=O)[C@H](OC(C)=O)[C@H](OC(C)=O)C1OC(C)=O)C(=N)C(=O)c1ccccc1. The lowest BCUT2D eigenvalue weighted by Gasteiger charge is -2.44. The van der Waals surface area contributed by atoms with Crippen LogP contribution >= 0.6 is 11.8 Å². The first kappa shape index (κ1) is 49.0. The second-order valence-corrected chi connectivity index (χ2v) is 17.0. The Hall–Kier alpha value is -3.33. The Morgan fingerprint density at radius 2 is 1.24 bits per heavy atom. The Bertz CT molecular complexity index is 1470. The van der Waals surface area contributed by atoms with Crippen molar-refractivity contribution in [3.8, 4) is 0 Å². The number of esters is 4. The molecule has 0 radical (unpaired) electrons. The van der Waals surface area contributed by atoms with Gasteiger partial charge in [-0.05, 0) is 32.4 Å². The summed E-state index contributed by atoms with van der Waals surface area (Å²) in [5.41, 5.74) is -0.714. The lowest BCUT2D eigenvalue weighted by atomic mass is 9.85. The molecular weight excluding hydrogens is 767 g/mol. The number of unbranched alkanes of at least 4 members (excludes halogenated alkanes) is 11. The molecule has 2 aliphatic rings. The number of rotatable bonds is 26. The van der Waals surface area contributed by atoms with E-state index in [4.69, 9.17) is 33.2 Å². The molecule has 2 saturated heterocycles. The molecule has 3 unspecified atom stereocenters. The molecule has 14 heteroatoms. The average Bonchev–Trinajstić information content (AvgIpc) is 3.47. The van der Waals surface area contributed by atoms with Crippen LogP contribution in [-0.2, 0) is 52.3 Å². The monoisotopic (exact) mass is 833 g/mol. The van der Waals surface area contributed by atoms with Crippen molar-refractivity contribution in [2.45, 2.75) is 186 Å². The maximum Gasteiger partial charge on any atom is 0.303 e. The third-order valence-corrected chi connectivity index (χ3v) is 11.5. The lowest BCUT2D eigenvalue weighted by Crippen LogP contribution is -2.61. The van der Waals surface area contributed by atoms with Crippen molar-refractivity contribution in [2.75, 3.05) is 12.4 Å². The molecule has 3 rings (SSSR count). The van der Waals surface area contributed by atoms with Crippen LogP contribution in [0.3, 0.4) is 0 Å². The minimum Gasteiger partial charge on any atom is -0.463 e. The van der Waals surface area contributed by atoms with Gasteiger partial charge in [0.05, 0.1) is 17.9 Å². The molecule has 0 aliphatic carbocycles. The van der Waals surface area contributed by atoms with E-state index in [1.807, 2.05) is 19.9 Å². The molecule has 1 aromatic carbocycles. The standard InChI is InChI=1S/C44H67NO12S/c1-8-9-10-11-12-13-14-15-16-17-18-22-25-35-39(57-44(6,7)56-35)34(37(45)38(50)33-23-20-19-21-24-33)26-27-58-43-42(54-32(5)49)41(53-31(4)48)40(52-30(3)47)36(55-43)28-51-29(2)46/h19-21,23-24,34-36,39-43,45H,8-18,22,25-28H2,1-7H3/t34-,35?,36?,39+,40+,41+,42?,43+/m1/s1. The minimum absolute atomic E-state index is 0.112. The number of hydrogen-bond donors (Lipinski definition) is 1. The number of ether oxygens (including phenoxy) is 7. The fraction of sp³-hybridized carbons (Fsp3) is 0.727. The average molecular weight is 834 g/mol. The smallest absolute Gasteiger partial charge is 0.303 e. The highest BCUT2D eigenvalue weighted by molar-refractivity contribution is 7.99. The molecule has 1 aromatic rings. The van der Waals surface area contributed by atoms with Crippen LogP contribution in [0.4, 0.5) is 0 Å². The number of Topliss-reactive ketones (excluding diaryl/α,β-unsaturated/α-hetero) is 1. The van der Waals surface area contributed by atoms with Crippen LogP contribution in [0.2, 0.25) is 0 Å². The minimum atomic E-state index is -1.29. The number of hydrogen-bond acceptors (Lipinski definition) is 14. The molecule has 0 spiro atoms. The fourth-order valence-corrected chi connectivity index (χ4v) is 8.88. The van der Waals surface area contributed by atoms with Crippen molar-refractivity contribution < 1.29 is 57.1 Å². The van der Waals surface area contributed by atoms with E-state index in [1.165, 1.54) is 97.2 Å². The Labute approximate surface area is 349 Å². The first-order valence-electron chi connectivity index (χ1n) is 21.1. The molecule has 13 nitrogen and oxygen atoms in total. The Kier molecular flexibility index (Phi) is 21.4. The highest BCUT2D eigenvalue weighted by Crippen LogP contribution is 2.39. The zero-order valence-corrected chi connectivity index (χ0v) is 36.4. The van der Waals surface area contributed by atoms with Gasteiger partial charge in [0.1, 0.15) is 18.1 Å². The molecule has 326 valence electrons. The van der Waals surface area contributed by atoms with Crippen molar-refractivity contribution in [3.05, 3.63) is 35.9 Å². The molecule has 0 amide bonds. The van der Waals surface area contributed by atoms with E-state index in [9.17, 15) is 29.4 Å². The van der Waals surface area contributed by atoms with Crippen LogP contribution in [-0.4, -0.2) is 95.6 Å². The van der Waals surface area contributed by atoms with E-state index in [2.05, 4.69) is 6.92 Å². The Morgan fingerprint density at radius 1 is 0.707 bits per heavy atom. The summed E-state index contributed by atoms with van der Waals surface area (Å²) < 4.78 is 41.2. The summed E-state index contributed by atoms with van der Waals surface area (Å²) in [7, 11) is 0. The zero-order chi connectivity index (χ0) is 42.7. The van der Waals surface area contributed by atoms with E-state index in [-0.39, 0.29) is 30.6 Å². The van der Waals surface area contributed by atoms with Crippen molar-refractivity contribution in [1.82, 2.24) is 0 Å². The first-order valence-corrected chi connectivity index (χ1v) is 22.1. The van der Waals surface area contributed by atoms with Gasteiger partial charge < -0.3 is 38.6 Å². The molecule has 2 aliphatic heterocycles. The van der Waals surface area contributed by atoms with Crippen molar-refractivity contribution in [2.24, 2.45) is 5.92 Å². The van der Waals surface area contributed by atoms with E-state index < -0.39 is 77.3 Å². The van der Waals surface area contributed by atoms with Crippen LogP contribution in [0.5, 0.6) is 0 Å². The van der Waals surface area contributed by atoms with Gasteiger partial charge in [0.25, 0.3) is 0 Å². The second kappa shape index (κ2) is 25.3. The predicted molar refractivity (Wildman–Crippen MR) is 221 cm³/mol. The van der Waals surface area contributed by atoms with Gasteiger partial charge in [-0.15, -0.1) is 11.8 Å². The number of carbonyl (C=O) groups is 5. The number of nitrogens with one attached hydrogen (secondary N) is 1. The lowest BCUT2D eigenvalue weighted by molar-refractivity contribution is -0.237. The summed E-state index contributed by atoms with van der Waals surface area (Å²) in [6, 6.07) is 8.68. The van der Waals surface area contributed by atoms with Crippen LogP contribution < -0.4 is 0 Å². The second-order valence-electron chi connectivity index (χ2n) is 15.8. The van der Waals surface area contributed by atoms with E-state index >= 15 is 0 Å². The molecule has 1 N–H and O–H groups in total. The summed E-state index contributed by atoms with van der Waals surface area (Å²) in [4.78, 5) is 62.5. The predicted octanol–water partition coefficient (Wildman–Crippen LogP) is 8.32. The largest absolute Gasteiger partial charge is 0.463 e. The maximum atomic E-state index is 13.8. The van der Waals surface area contributed by atoms with Crippen LogP contribution in [0, 0.1) is 11.3 Å². The number of carbonyl (C=O) groups excluding carboxylic acids is 5. The summed E-state index contributed by atoms with van der Waals surface area (Å²) >= 11 is 1.21. The van der Waals surface area contributed by atoms with Gasteiger partial charge in [-0.25, -0.2) is 0 Å². The maximum absolute atomic E-state index is 13.8. The molecule has 58 heavy (non-hydrogen) atoms. The third-order valence-electron chi connectivity index (χ3n) is 10.3. The van der Waals surface area contributed by atoms with Crippen LogP contribution in [0.15, 0.2) is 30.3 Å². The molecule has 2 heterocycles. The Balaban J connectivity index is 1.79. The number of ketones is 1. The quantitative estimate of drug-likeness (QED) is 0.0311. The normalized spacial score (nSPS) is 24.4. The van der Waals surface area contributed by atoms with Gasteiger partial charge in [0, 0.05) is 39.2 Å². The summed E-state index contributed by atoms with van der Waals surface area (Å²) in [6.07, 6.45) is 9.86. The van der Waals surface area contributed by atoms with E-state index in [0.717, 1.165) is 19.3 Å². The van der Waals surface area contributed by atoms with Crippen molar-refractivity contribution in [3.63, 3.8) is 0 Å². The van der Waals surface area contributed by atoms with Crippen molar-refractivity contribution >= 4 is 47.1 Å². The first-order chi connectivity index (χ1) is 27.6. The van der Waals surface area contributed by atoms with Crippen molar-refractivity contribution in [1.29, 1.82) is 5.41 Å². The van der Waals surface area contributed by atoms with Gasteiger partial charge in [-0.3, -0.25) is 24.0 Å². The third kappa shape index (κ3) is 16.7. The van der Waals surface area contributed by atoms with Gasteiger partial charge in [0.15, 0.2) is 24.1 Å². The van der Waals surface area contributed by atoms with Gasteiger partial charge in [0.2, 0.25) is 5.78 Å². The van der Waals surface area contributed by atoms with Gasteiger partial charge in [-0.2, -0.15) is 0 Å². The molecular formula is C44H67NO12S. The number of thioether (sulfide) groups is 1. The van der Waals surface area contributed by atoms with Gasteiger partial charge >= 0.3 is 23.9 Å². The van der Waals surface area contributed by atoms with Gasteiger partial charge in [-0.1, -0.05) is 114 Å². The fourth-order valence-electron chi connectivity index (χ4n) is 7.63. The van der Waals surface area contributed by atoms with E-state index in [0.29, 0.717) is 12.0 Å². The van der Waals surface area contributed by atoms with E-state index in [1.54, 1.807) is 24.3 Å². The molecule has 0 bridgehead atoms. The number of benzene rings is 1. The molecule has 2 fully saturated rings. The van der Waals surface area contributed by atoms with Crippen LogP contribution in [0.25, 0.3) is 0 Å². The molecule has 8 atom stereocenters. The summed E-state index contributed by atoms with van der Waals surface area (Å²) in [5.74, 6) is -4.49.